The summed E-state index contributed by atoms with van der Waals surface area (Å²) in [6.45, 7) is 6.26. The van der Waals surface area contributed by atoms with Gasteiger partial charge in [-0.25, -0.2) is 4.98 Å². The standard InChI is InChI=1S/C17H15ClN2O/c1-10-14-13(6-11(8-19)7-17(14,2)3)15(20-16(10)18)12-4-5-21-9-12/h4-6,9H,7H2,1-3H3. The molecule has 3 nitrogen and oxygen atoms in total. The monoisotopic (exact) mass is 298 g/mol. The Morgan fingerprint density at radius 3 is 2.81 bits per heavy atom. The molecule has 0 atom stereocenters. The van der Waals surface area contributed by atoms with Gasteiger partial charge in [-0.2, -0.15) is 5.26 Å². The predicted molar refractivity (Wildman–Crippen MR) is 82.9 cm³/mol. The summed E-state index contributed by atoms with van der Waals surface area (Å²) in [5.74, 6) is 0. The van der Waals surface area contributed by atoms with Gasteiger partial charge in [-0.3, -0.25) is 0 Å². The van der Waals surface area contributed by atoms with E-state index >= 15 is 0 Å². The van der Waals surface area contributed by atoms with Gasteiger partial charge in [-0.05, 0) is 42.0 Å². The van der Waals surface area contributed by atoms with E-state index in [4.69, 9.17) is 16.0 Å². The van der Waals surface area contributed by atoms with E-state index in [9.17, 15) is 5.26 Å². The van der Waals surface area contributed by atoms with Crippen LogP contribution in [0.5, 0.6) is 0 Å². The molecule has 1 aliphatic rings. The molecule has 4 heteroatoms. The Morgan fingerprint density at radius 1 is 1.43 bits per heavy atom. The molecule has 0 saturated carbocycles. The largest absolute Gasteiger partial charge is 0.472 e. The fourth-order valence-corrected chi connectivity index (χ4v) is 3.34. The van der Waals surface area contributed by atoms with Crippen molar-refractivity contribution in [1.29, 1.82) is 5.26 Å². The van der Waals surface area contributed by atoms with Crippen LogP contribution in [0.15, 0.2) is 28.6 Å². The number of halogens is 1. The zero-order chi connectivity index (χ0) is 15.2. The van der Waals surface area contributed by atoms with Crippen LogP contribution in [-0.4, -0.2) is 4.98 Å². The summed E-state index contributed by atoms with van der Waals surface area (Å²) in [5.41, 5.74) is 5.39. The minimum Gasteiger partial charge on any atom is -0.472 e. The summed E-state index contributed by atoms with van der Waals surface area (Å²) in [6.07, 6.45) is 5.90. The lowest BCUT2D eigenvalue weighted by molar-refractivity contribution is 0.516. The molecule has 0 bridgehead atoms. The van der Waals surface area contributed by atoms with E-state index in [1.807, 2.05) is 19.1 Å². The highest BCUT2D eigenvalue weighted by Gasteiger charge is 2.33. The number of furan rings is 1. The maximum absolute atomic E-state index is 9.31. The number of rotatable bonds is 1. The van der Waals surface area contributed by atoms with Crippen LogP contribution in [0.1, 0.15) is 37.0 Å². The molecular formula is C17H15ClN2O. The average Bonchev–Trinajstić information content (AvgIpc) is 2.95. The fraction of sp³-hybridized carbons (Fsp3) is 0.294. The van der Waals surface area contributed by atoms with Gasteiger partial charge in [0.2, 0.25) is 0 Å². The summed E-state index contributed by atoms with van der Waals surface area (Å²) >= 11 is 6.34. The van der Waals surface area contributed by atoms with E-state index in [1.165, 1.54) is 0 Å². The zero-order valence-corrected chi connectivity index (χ0v) is 13.0. The van der Waals surface area contributed by atoms with Crippen LogP contribution in [0.4, 0.5) is 0 Å². The lowest BCUT2D eigenvalue weighted by Gasteiger charge is -2.33. The fourth-order valence-electron chi connectivity index (χ4n) is 3.16. The van der Waals surface area contributed by atoms with Gasteiger partial charge >= 0.3 is 0 Å². The SMILES string of the molecule is Cc1c(Cl)nc(-c2ccoc2)c2c1C(C)(C)CC(C#N)=C2. The van der Waals surface area contributed by atoms with Crippen molar-refractivity contribution in [3.05, 3.63) is 46.0 Å². The molecule has 106 valence electrons. The summed E-state index contributed by atoms with van der Waals surface area (Å²) in [5, 5.41) is 9.82. The first-order valence-corrected chi connectivity index (χ1v) is 7.15. The molecule has 2 heterocycles. The van der Waals surface area contributed by atoms with Crippen molar-refractivity contribution in [3.63, 3.8) is 0 Å². The number of fused-ring (bicyclic) bond motifs is 1. The Labute approximate surface area is 128 Å². The molecule has 0 spiro atoms. The number of pyridine rings is 1. The van der Waals surface area contributed by atoms with Crippen LogP contribution >= 0.6 is 11.6 Å². The van der Waals surface area contributed by atoms with Gasteiger partial charge in [-0.1, -0.05) is 25.4 Å². The lowest BCUT2D eigenvalue weighted by Crippen LogP contribution is -2.24. The van der Waals surface area contributed by atoms with Crippen LogP contribution in [-0.2, 0) is 5.41 Å². The summed E-state index contributed by atoms with van der Waals surface area (Å²) in [7, 11) is 0. The van der Waals surface area contributed by atoms with E-state index in [2.05, 4.69) is 24.9 Å². The van der Waals surface area contributed by atoms with Gasteiger partial charge in [0.15, 0.2) is 0 Å². The Bertz CT molecular complexity index is 780. The molecule has 0 fully saturated rings. The average molecular weight is 299 g/mol. The van der Waals surface area contributed by atoms with E-state index < -0.39 is 0 Å². The molecule has 0 unspecified atom stereocenters. The molecule has 0 saturated heterocycles. The maximum Gasteiger partial charge on any atom is 0.133 e. The minimum atomic E-state index is -0.149. The van der Waals surface area contributed by atoms with Crippen LogP contribution in [0.2, 0.25) is 5.15 Å². The predicted octanol–water partition coefficient (Wildman–Crippen LogP) is 4.89. The Balaban J connectivity index is 2.40. The van der Waals surface area contributed by atoms with Crippen LogP contribution in [0.3, 0.4) is 0 Å². The number of allylic oxidation sites excluding steroid dienone is 1. The number of aromatic nitrogens is 1. The van der Waals surface area contributed by atoms with Crippen molar-refractivity contribution < 1.29 is 4.42 Å². The van der Waals surface area contributed by atoms with Gasteiger partial charge in [0, 0.05) is 16.7 Å². The Morgan fingerprint density at radius 2 is 2.19 bits per heavy atom. The number of nitrogens with zero attached hydrogens (tertiary/aromatic N) is 2. The van der Waals surface area contributed by atoms with Crippen LogP contribution in [0, 0.1) is 18.3 Å². The van der Waals surface area contributed by atoms with E-state index in [0.29, 0.717) is 11.6 Å². The van der Waals surface area contributed by atoms with Crippen molar-refractivity contribution in [3.8, 4) is 17.3 Å². The first-order chi connectivity index (χ1) is 9.94. The molecule has 1 aliphatic carbocycles. The highest BCUT2D eigenvalue weighted by atomic mass is 35.5. The molecular weight excluding hydrogens is 284 g/mol. The number of nitriles is 1. The third-order valence-corrected chi connectivity index (χ3v) is 4.35. The number of hydrogen-bond acceptors (Lipinski definition) is 3. The summed E-state index contributed by atoms with van der Waals surface area (Å²) in [6, 6.07) is 4.14. The Hall–Kier alpha value is -2.05. The quantitative estimate of drug-likeness (QED) is 0.704. The van der Waals surface area contributed by atoms with Crippen molar-refractivity contribution in [2.75, 3.05) is 0 Å². The van der Waals surface area contributed by atoms with Gasteiger partial charge in [0.05, 0.1) is 24.3 Å². The molecule has 0 aliphatic heterocycles. The molecule has 3 rings (SSSR count). The summed E-state index contributed by atoms with van der Waals surface area (Å²) < 4.78 is 5.17. The molecule has 0 amide bonds. The molecule has 2 aromatic heterocycles. The third-order valence-electron chi connectivity index (χ3n) is 3.98. The van der Waals surface area contributed by atoms with Crippen LogP contribution in [0.25, 0.3) is 17.3 Å². The van der Waals surface area contributed by atoms with E-state index in [-0.39, 0.29) is 5.41 Å². The molecule has 21 heavy (non-hydrogen) atoms. The van der Waals surface area contributed by atoms with Crippen molar-refractivity contribution in [1.82, 2.24) is 4.98 Å². The topological polar surface area (TPSA) is 49.8 Å². The van der Waals surface area contributed by atoms with Crippen molar-refractivity contribution in [2.24, 2.45) is 0 Å². The lowest BCUT2D eigenvalue weighted by atomic mass is 9.71. The van der Waals surface area contributed by atoms with E-state index in [0.717, 1.165) is 33.5 Å². The van der Waals surface area contributed by atoms with Gasteiger partial charge in [-0.15, -0.1) is 0 Å². The number of hydrogen-bond donors (Lipinski definition) is 0. The maximum atomic E-state index is 9.31. The van der Waals surface area contributed by atoms with E-state index in [1.54, 1.807) is 12.5 Å². The molecule has 0 radical (unpaired) electrons. The van der Waals surface area contributed by atoms with Gasteiger partial charge in [0.25, 0.3) is 0 Å². The van der Waals surface area contributed by atoms with Crippen molar-refractivity contribution in [2.45, 2.75) is 32.6 Å². The summed E-state index contributed by atoms with van der Waals surface area (Å²) in [4.78, 5) is 4.51. The normalized spacial score (nSPS) is 16.0. The second kappa shape index (κ2) is 4.75. The molecule has 2 aromatic rings. The van der Waals surface area contributed by atoms with Gasteiger partial charge in [0.1, 0.15) is 5.15 Å². The first kappa shape index (κ1) is 13.9. The minimum absolute atomic E-state index is 0.149. The van der Waals surface area contributed by atoms with Gasteiger partial charge < -0.3 is 4.42 Å². The molecule has 0 N–H and O–H groups in total. The highest BCUT2D eigenvalue weighted by molar-refractivity contribution is 6.30. The second-order valence-electron chi connectivity index (χ2n) is 6.02. The third kappa shape index (κ3) is 2.16. The smallest absolute Gasteiger partial charge is 0.133 e. The zero-order valence-electron chi connectivity index (χ0n) is 12.2. The second-order valence-corrected chi connectivity index (χ2v) is 6.38. The Kier molecular flexibility index (Phi) is 3.15. The highest BCUT2D eigenvalue weighted by Crippen LogP contribution is 2.44. The first-order valence-electron chi connectivity index (χ1n) is 6.78. The van der Waals surface area contributed by atoms with Crippen molar-refractivity contribution >= 4 is 17.7 Å². The molecule has 0 aromatic carbocycles. The van der Waals surface area contributed by atoms with Crippen LogP contribution < -0.4 is 0 Å².